The Bertz CT molecular complexity index is 1290. The maximum atomic E-state index is 12.7. The third kappa shape index (κ3) is 4.35. The molecular formula is C25H30N4O5. The lowest BCUT2D eigenvalue weighted by Crippen LogP contribution is -2.32. The minimum absolute atomic E-state index is 0.0424. The molecule has 1 atom stereocenters. The summed E-state index contributed by atoms with van der Waals surface area (Å²) in [4.78, 5) is 24.4. The van der Waals surface area contributed by atoms with Crippen molar-refractivity contribution in [3.8, 4) is 28.3 Å². The Balaban J connectivity index is 1.93. The van der Waals surface area contributed by atoms with Crippen molar-refractivity contribution in [2.75, 3.05) is 20.3 Å². The molecule has 0 radical (unpaired) electrons. The van der Waals surface area contributed by atoms with Crippen LogP contribution in [0.4, 0.5) is 0 Å². The van der Waals surface area contributed by atoms with E-state index < -0.39 is 11.4 Å². The van der Waals surface area contributed by atoms with Crippen LogP contribution in [-0.2, 0) is 18.2 Å². The number of ether oxygens (including phenoxy) is 2. The fraction of sp³-hybridized carbons (Fsp3) is 0.440. The lowest BCUT2D eigenvalue weighted by molar-refractivity contribution is 0.0693. The average Bonchev–Trinajstić information content (AvgIpc) is 3.20. The fourth-order valence-corrected chi connectivity index (χ4v) is 4.48. The summed E-state index contributed by atoms with van der Waals surface area (Å²) in [7, 11) is 3.47. The minimum Gasteiger partial charge on any atom is -0.493 e. The largest absolute Gasteiger partial charge is 0.493 e. The second-order valence-electron chi connectivity index (χ2n) is 9.68. The van der Waals surface area contributed by atoms with Crippen molar-refractivity contribution in [2.24, 2.45) is 12.5 Å². The number of carbonyl (C=O) groups is 1. The first-order valence-corrected chi connectivity index (χ1v) is 11.3. The van der Waals surface area contributed by atoms with Crippen LogP contribution >= 0.6 is 0 Å². The molecule has 4 rings (SSSR count). The number of hydrogen-bond acceptors (Lipinski definition) is 6. The van der Waals surface area contributed by atoms with Gasteiger partial charge in [-0.3, -0.25) is 4.79 Å². The van der Waals surface area contributed by atoms with Gasteiger partial charge >= 0.3 is 5.97 Å². The van der Waals surface area contributed by atoms with Crippen LogP contribution in [0.15, 0.2) is 35.4 Å². The van der Waals surface area contributed by atoms with Gasteiger partial charge in [0.15, 0.2) is 5.43 Å². The van der Waals surface area contributed by atoms with E-state index in [0.717, 1.165) is 28.8 Å². The molecule has 180 valence electrons. The standard InChI is InChI=1S/C25H30N4O5/c1-25(2,3)23-10-15-9-22(34-8-6-7-33-5)17(20-13-26-27-28(20)4)11-16(15)19-12-21(30)18(24(31)32)14-29(19)23/h9,11-14,23H,6-8,10H2,1-5H3,(H,31,32). The molecule has 0 spiro atoms. The molecule has 9 nitrogen and oxygen atoms in total. The highest BCUT2D eigenvalue weighted by Crippen LogP contribution is 2.45. The van der Waals surface area contributed by atoms with Gasteiger partial charge in [0.2, 0.25) is 0 Å². The Morgan fingerprint density at radius 1 is 1.18 bits per heavy atom. The summed E-state index contributed by atoms with van der Waals surface area (Å²) in [6.45, 7) is 7.43. The van der Waals surface area contributed by atoms with E-state index in [9.17, 15) is 14.7 Å². The van der Waals surface area contributed by atoms with Crippen LogP contribution < -0.4 is 10.2 Å². The van der Waals surface area contributed by atoms with Crippen LogP contribution in [0.3, 0.4) is 0 Å². The molecule has 0 fully saturated rings. The van der Waals surface area contributed by atoms with Gasteiger partial charge in [-0.1, -0.05) is 26.0 Å². The third-order valence-corrected chi connectivity index (χ3v) is 6.28. The van der Waals surface area contributed by atoms with Gasteiger partial charge in [0.25, 0.3) is 0 Å². The van der Waals surface area contributed by atoms with Crippen molar-refractivity contribution in [3.63, 3.8) is 0 Å². The number of carboxylic acids is 1. The van der Waals surface area contributed by atoms with Crippen molar-refractivity contribution < 1.29 is 19.4 Å². The SMILES string of the molecule is COCCCOc1cc2c(cc1-c1cnnn1C)-c1cc(=O)c(C(=O)O)cn1C(C(C)(C)C)C2. The van der Waals surface area contributed by atoms with Crippen LogP contribution in [0.25, 0.3) is 22.5 Å². The van der Waals surface area contributed by atoms with Gasteiger partial charge in [0.1, 0.15) is 11.3 Å². The number of pyridine rings is 1. The molecule has 2 aromatic heterocycles. The lowest BCUT2D eigenvalue weighted by atomic mass is 9.78. The quantitative estimate of drug-likeness (QED) is 0.530. The van der Waals surface area contributed by atoms with Crippen LogP contribution in [0, 0.1) is 5.41 Å². The molecule has 1 aliphatic rings. The van der Waals surface area contributed by atoms with Gasteiger partial charge in [0.05, 0.1) is 24.2 Å². The van der Waals surface area contributed by atoms with Gasteiger partial charge in [-0.25, -0.2) is 9.48 Å². The normalized spacial score (nSPS) is 15.0. The number of fused-ring (bicyclic) bond motifs is 3. The predicted molar refractivity (Wildman–Crippen MR) is 127 cm³/mol. The van der Waals surface area contributed by atoms with Gasteiger partial charge in [0, 0.05) is 56.6 Å². The Kier molecular flexibility index (Phi) is 6.31. The zero-order valence-electron chi connectivity index (χ0n) is 20.2. The van der Waals surface area contributed by atoms with Crippen molar-refractivity contribution >= 4 is 5.97 Å². The molecule has 0 amide bonds. The smallest absolute Gasteiger partial charge is 0.341 e. The van der Waals surface area contributed by atoms with Gasteiger partial charge < -0.3 is 19.1 Å². The first-order valence-electron chi connectivity index (χ1n) is 11.3. The van der Waals surface area contributed by atoms with E-state index in [-0.39, 0.29) is 17.0 Å². The first-order chi connectivity index (χ1) is 16.1. The predicted octanol–water partition coefficient (Wildman–Crippen LogP) is 3.57. The van der Waals surface area contributed by atoms with Crippen molar-refractivity contribution in [2.45, 2.75) is 39.7 Å². The lowest BCUT2D eigenvalue weighted by Gasteiger charge is -2.39. The fourth-order valence-electron chi connectivity index (χ4n) is 4.48. The Morgan fingerprint density at radius 3 is 2.56 bits per heavy atom. The number of aryl methyl sites for hydroxylation is 1. The Morgan fingerprint density at radius 2 is 1.94 bits per heavy atom. The maximum absolute atomic E-state index is 12.7. The van der Waals surface area contributed by atoms with Crippen LogP contribution in [0.2, 0.25) is 0 Å². The molecule has 1 aromatic carbocycles. The number of carboxylic acid groups (broad SMARTS) is 1. The van der Waals surface area contributed by atoms with E-state index in [1.165, 1.54) is 12.3 Å². The molecule has 0 saturated heterocycles. The summed E-state index contributed by atoms with van der Waals surface area (Å²) in [5.41, 5.74) is 3.27. The van der Waals surface area contributed by atoms with Crippen molar-refractivity contribution in [1.29, 1.82) is 0 Å². The molecule has 0 saturated carbocycles. The summed E-state index contributed by atoms with van der Waals surface area (Å²) in [6.07, 6.45) is 4.58. The average molecular weight is 467 g/mol. The van der Waals surface area contributed by atoms with Crippen molar-refractivity contribution in [3.05, 3.63) is 51.9 Å². The van der Waals surface area contributed by atoms with E-state index >= 15 is 0 Å². The topological polar surface area (TPSA) is 108 Å². The highest BCUT2D eigenvalue weighted by Gasteiger charge is 2.34. The van der Waals surface area contributed by atoms with Crippen LogP contribution in [0.1, 0.15) is 49.2 Å². The number of aromatic nitrogens is 4. The molecule has 1 unspecified atom stereocenters. The molecule has 1 aliphatic heterocycles. The van der Waals surface area contributed by atoms with E-state index in [1.54, 1.807) is 18.0 Å². The molecular weight excluding hydrogens is 436 g/mol. The molecule has 9 heteroatoms. The summed E-state index contributed by atoms with van der Waals surface area (Å²) >= 11 is 0. The van der Waals surface area contributed by atoms with Crippen LogP contribution in [-0.4, -0.2) is 51.0 Å². The minimum atomic E-state index is -1.22. The second-order valence-corrected chi connectivity index (χ2v) is 9.68. The summed E-state index contributed by atoms with van der Waals surface area (Å²) in [5, 5.41) is 17.6. The van der Waals surface area contributed by atoms with Gasteiger partial charge in [-0.15, -0.1) is 5.10 Å². The van der Waals surface area contributed by atoms with Gasteiger partial charge in [-0.2, -0.15) is 0 Å². The highest BCUT2D eigenvalue weighted by atomic mass is 16.5. The number of methoxy groups -OCH3 is 1. The van der Waals surface area contributed by atoms with E-state index in [4.69, 9.17) is 9.47 Å². The van der Waals surface area contributed by atoms with Crippen molar-refractivity contribution in [1.82, 2.24) is 19.6 Å². The molecule has 3 heterocycles. The highest BCUT2D eigenvalue weighted by molar-refractivity contribution is 5.88. The Hall–Kier alpha value is -3.46. The van der Waals surface area contributed by atoms with E-state index in [2.05, 4.69) is 31.1 Å². The zero-order valence-corrected chi connectivity index (χ0v) is 20.2. The number of hydrogen-bond donors (Lipinski definition) is 1. The number of nitrogens with zero attached hydrogens (tertiary/aromatic N) is 4. The van der Waals surface area contributed by atoms with Crippen LogP contribution in [0.5, 0.6) is 5.75 Å². The molecule has 3 aromatic rings. The molecule has 0 aliphatic carbocycles. The maximum Gasteiger partial charge on any atom is 0.341 e. The monoisotopic (exact) mass is 466 g/mol. The van der Waals surface area contributed by atoms with E-state index in [0.29, 0.717) is 31.1 Å². The number of benzene rings is 1. The first kappa shape index (κ1) is 23.7. The summed E-state index contributed by atoms with van der Waals surface area (Å²) in [6, 6.07) is 5.41. The summed E-state index contributed by atoms with van der Waals surface area (Å²) in [5.74, 6) is -0.508. The summed E-state index contributed by atoms with van der Waals surface area (Å²) < 4.78 is 14.9. The molecule has 0 bridgehead atoms. The second kappa shape index (κ2) is 9.06. The number of rotatable bonds is 7. The Labute approximate surface area is 197 Å². The zero-order chi connectivity index (χ0) is 24.6. The number of aromatic carboxylic acids is 1. The van der Waals surface area contributed by atoms with Gasteiger partial charge in [-0.05, 0) is 29.5 Å². The van der Waals surface area contributed by atoms with E-state index in [1.807, 2.05) is 23.7 Å². The molecule has 1 N–H and O–H groups in total. The molecule has 34 heavy (non-hydrogen) atoms. The third-order valence-electron chi connectivity index (χ3n) is 6.28.